The molecule has 19 heavy (non-hydrogen) atoms. The van der Waals surface area contributed by atoms with Gasteiger partial charge in [-0.05, 0) is 43.7 Å². The number of anilines is 1. The highest BCUT2D eigenvalue weighted by atomic mass is 16.1. The zero-order valence-electron chi connectivity index (χ0n) is 10.8. The predicted octanol–water partition coefficient (Wildman–Crippen LogP) is 2.82. The molecule has 0 aliphatic rings. The summed E-state index contributed by atoms with van der Waals surface area (Å²) in [6, 6.07) is 10.6. The first-order valence-corrected chi connectivity index (χ1v) is 5.85. The lowest BCUT2D eigenvalue weighted by Gasteiger charge is -2.09. The Morgan fingerprint density at radius 3 is 2.74 bits per heavy atom. The van der Waals surface area contributed by atoms with Gasteiger partial charge in [0.25, 0.3) is 5.91 Å². The van der Waals surface area contributed by atoms with Crippen LogP contribution in [0.25, 0.3) is 0 Å². The minimum atomic E-state index is -0.205. The van der Waals surface area contributed by atoms with E-state index in [1.807, 2.05) is 19.9 Å². The van der Waals surface area contributed by atoms with Crippen molar-refractivity contribution in [1.82, 2.24) is 4.98 Å². The van der Waals surface area contributed by atoms with E-state index in [0.717, 1.165) is 11.3 Å². The van der Waals surface area contributed by atoms with Crippen LogP contribution in [0.2, 0.25) is 0 Å². The van der Waals surface area contributed by atoms with Crippen LogP contribution in [0, 0.1) is 25.2 Å². The number of hydrogen-bond donors (Lipinski definition) is 1. The molecule has 94 valence electrons. The summed E-state index contributed by atoms with van der Waals surface area (Å²) in [6.07, 6.45) is 1.60. The first-order valence-electron chi connectivity index (χ1n) is 5.85. The summed E-state index contributed by atoms with van der Waals surface area (Å²) in [4.78, 5) is 16.1. The molecule has 0 bridgehead atoms. The van der Waals surface area contributed by atoms with Gasteiger partial charge in [-0.2, -0.15) is 5.26 Å². The lowest BCUT2D eigenvalue weighted by molar-refractivity contribution is 0.102. The van der Waals surface area contributed by atoms with Crippen molar-refractivity contribution in [2.45, 2.75) is 13.8 Å². The molecule has 0 unspecified atom stereocenters. The highest BCUT2D eigenvalue weighted by molar-refractivity contribution is 6.04. The summed E-state index contributed by atoms with van der Waals surface area (Å²) < 4.78 is 0. The normalized spacial score (nSPS) is 9.74. The standard InChI is InChI=1S/C15H13N3O/c1-10-3-4-12(9-16)8-14(10)18-15(19)13-5-6-17-11(2)7-13/h3-8H,1-2H3,(H,18,19). The van der Waals surface area contributed by atoms with Crippen molar-refractivity contribution in [3.8, 4) is 6.07 Å². The van der Waals surface area contributed by atoms with Crippen molar-refractivity contribution >= 4 is 11.6 Å². The van der Waals surface area contributed by atoms with Crippen LogP contribution in [0.5, 0.6) is 0 Å². The molecule has 0 aliphatic heterocycles. The molecule has 1 aromatic heterocycles. The van der Waals surface area contributed by atoms with E-state index in [0.29, 0.717) is 16.8 Å². The van der Waals surface area contributed by atoms with Gasteiger partial charge in [-0.25, -0.2) is 0 Å². The first kappa shape index (κ1) is 12.8. The van der Waals surface area contributed by atoms with Gasteiger partial charge < -0.3 is 5.32 Å². The number of rotatable bonds is 2. The molecular formula is C15H13N3O. The van der Waals surface area contributed by atoms with Crippen LogP contribution in [0.3, 0.4) is 0 Å². The molecule has 0 aliphatic carbocycles. The third kappa shape index (κ3) is 2.96. The maximum atomic E-state index is 12.1. The Balaban J connectivity index is 2.27. The topological polar surface area (TPSA) is 65.8 Å². The van der Waals surface area contributed by atoms with E-state index in [-0.39, 0.29) is 5.91 Å². The minimum absolute atomic E-state index is 0.205. The summed E-state index contributed by atoms with van der Waals surface area (Å²) in [5.74, 6) is -0.205. The summed E-state index contributed by atoms with van der Waals surface area (Å²) in [6.45, 7) is 3.72. The second-order valence-corrected chi connectivity index (χ2v) is 4.28. The lowest BCUT2D eigenvalue weighted by Crippen LogP contribution is -2.13. The van der Waals surface area contributed by atoms with E-state index in [1.165, 1.54) is 0 Å². The van der Waals surface area contributed by atoms with Gasteiger partial charge in [0, 0.05) is 23.1 Å². The molecule has 4 nitrogen and oxygen atoms in total. The van der Waals surface area contributed by atoms with Crippen LogP contribution >= 0.6 is 0 Å². The van der Waals surface area contributed by atoms with Crippen LogP contribution in [0.4, 0.5) is 5.69 Å². The molecule has 0 saturated heterocycles. The first-order chi connectivity index (χ1) is 9.10. The fourth-order valence-corrected chi connectivity index (χ4v) is 1.71. The zero-order valence-corrected chi connectivity index (χ0v) is 10.8. The van der Waals surface area contributed by atoms with Gasteiger partial charge in [0.2, 0.25) is 0 Å². The van der Waals surface area contributed by atoms with Crippen molar-refractivity contribution in [3.05, 3.63) is 58.9 Å². The number of nitrogens with zero attached hydrogens (tertiary/aromatic N) is 2. The summed E-state index contributed by atoms with van der Waals surface area (Å²) >= 11 is 0. The largest absolute Gasteiger partial charge is 0.322 e. The maximum absolute atomic E-state index is 12.1. The van der Waals surface area contributed by atoms with Gasteiger partial charge >= 0.3 is 0 Å². The van der Waals surface area contributed by atoms with Crippen LogP contribution < -0.4 is 5.32 Å². The number of pyridine rings is 1. The van der Waals surface area contributed by atoms with E-state index in [4.69, 9.17) is 5.26 Å². The number of amides is 1. The molecule has 1 N–H and O–H groups in total. The van der Waals surface area contributed by atoms with Gasteiger partial charge in [-0.1, -0.05) is 6.07 Å². The molecule has 1 aromatic carbocycles. The Morgan fingerprint density at radius 1 is 1.26 bits per heavy atom. The average molecular weight is 251 g/mol. The molecule has 0 atom stereocenters. The summed E-state index contributed by atoms with van der Waals surface area (Å²) in [5, 5.41) is 11.7. The van der Waals surface area contributed by atoms with Crippen molar-refractivity contribution in [2.75, 3.05) is 5.32 Å². The van der Waals surface area contributed by atoms with Crippen molar-refractivity contribution in [3.63, 3.8) is 0 Å². The number of aryl methyl sites for hydroxylation is 2. The van der Waals surface area contributed by atoms with Crippen molar-refractivity contribution < 1.29 is 4.79 Å². The van der Waals surface area contributed by atoms with E-state index in [1.54, 1.807) is 30.5 Å². The van der Waals surface area contributed by atoms with Gasteiger partial charge in [0.05, 0.1) is 11.6 Å². The second kappa shape index (κ2) is 5.32. The van der Waals surface area contributed by atoms with E-state index >= 15 is 0 Å². The quantitative estimate of drug-likeness (QED) is 0.892. The third-order valence-electron chi connectivity index (χ3n) is 2.77. The average Bonchev–Trinajstić information content (AvgIpc) is 2.41. The van der Waals surface area contributed by atoms with Gasteiger partial charge in [-0.3, -0.25) is 9.78 Å². The second-order valence-electron chi connectivity index (χ2n) is 4.28. The van der Waals surface area contributed by atoms with Crippen LogP contribution in [0.15, 0.2) is 36.5 Å². The molecular weight excluding hydrogens is 238 g/mol. The number of nitrogens with one attached hydrogen (secondary N) is 1. The van der Waals surface area contributed by atoms with Crippen molar-refractivity contribution in [2.24, 2.45) is 0 Å². The van der Waals surface area contributed by atoms with E-state index < -0.39 is 0 Å². The predicted molar refractivity (Wildman–Crippen MR) is 72.8 cm³/mol. The molecule has 0 spiro atoms. The smallest absolute Gasteiger partial charge is 0.255 e. The number of carbonyl (C=O) groups is 1. The van der Waals surface area contributed by atoms with Gasteiger partial charge in [-0.15, -0.1) is 0 Å². The third-order valence-corrected chi connectivity index (χ3v) is 2.77. The number of hydrogen-bond acceptors (Lipinski definition) is 3. The molecule has 2 rings (SSSR count). The SMILES string of the molecule is Cc1cc(C(=O)Nc2cc(C#N)ccc2C)ccn1. The molecule has 1 amide bonds. The van der Waals surface area contributed by atoms with E-state index in [2.05, 4.69) is 16.4 Å². The molecule has 1 heterocycles. The molecule has 4 heteroatoms. The Hall–Kier alpha value is -2.67. The van der Waals surface area contributed by atoms with Crippen molar-refractivity contribution in [1.29, 1.82) is 5.26 Å². The monoisotopic (exact) mass is 251 g/mol. The molecule has 0 saturated carbocycles. The molecule has 2 aromatic rings. The lowest BCUT2D eigenvalue weighted by atomic mass is 10.1. The number of benzene rings is 1. The Morgan fingerprint density at radius 2 is 2.05 bits per heavy atom. The van der Waals surface area contributed by atoms with Gasteiger partial charge in [0.1, 0.15) is 0 Å². The molecule has 0 fully saturated rings. The highest BCUT2D eigenvalue weighted by Crippen LogP contribution is 2.17. The maximum Gasteiger partial charge on any atom is 0.255 e. The Labute approximate surface area is 111 Å². The number of nitriles is 1. The Bertz CT molecular complexity index is 671. The molecule has 0 radical (unpaired) electrons. The summed E-state index contributed by atoms with van der Waals surface area (Å²) in [7, 11) is 0. The highest BCUT2D eigenvalue weighted by Gasteiger charge is 2.08. The van der Waals surface area contributed by atoms with Crippen LogP contribution in [-0.2, 0) is 0 Å². The Kier molecular flexibility index (Phi) is 3.58. The summed E-state index contributed by atoms with van der Waals surface area (Å²) in [5.41, 5.74) is 3.42. The van der Waals surface area contributed by atoms with Crippen LogP contribution in [0.1, 0.15) is 27.2 Å². The fraction of sp³-hybridized carbons (Fsp3) is 0.133. The fourth-order valence-electron chi connectivity index (χ4n) is 1.71. The zero-order chi connectivity index (χ0) is 13.8. The minimum Gasteiger partial charge on any atom is -0.322 e. The van der Waals surface area contributed by atoms with Gasteiger partial charge in [0.15, 0.2) is 0 Å². The van der Waals surface area contributed by atoms with E-state index in [9.17, 15) is 4.79 Å². The van der Waals surface area contributed by atoms with Crippen LogP contribution in [-0.4, -0.2) is 10.9 Å². The number of aromatic nitrogens is 1. The number of carbonyl (C=O) groups excluding carboxylic acids is 1.